The van der Waals surface area contributed by atoms with E-state index in [2.05, 4.69) is 18.8 Å². The van der Waals surface area contributed by atoms with E-state index in [9.17, 15) is 9.59 Å². The van der Waals surface area contributed by atoms with Crippen molar-refractivity contribution >= 4 is 17.6 Å². The van der Waals surface area contributed by atoms with Gasteiger partial charge in [-0.15, -0.1) is 13.0 Å². The fourth-order valence-corrected chi connectivity index (χ4v) is 3.60. The first-order chi connectivity index (χ1) is 12.5. The van der Waals surface area contributed by atoms with Crippen LogP contribution in [0.4, 0.5) is 5.69 Å². The molecule has 144 valence electrons. The molecule has 2 rings (SSSR count). The van der Waals surface area contributed by atoms with E-state index in [1.807, 2.05) is 19.1 Å². The first-order valence-electron chi connectivity index (χ1n) is 9.78. The van der Waals surface area contributed by atoms with Gasteiger partial charge in [0.2, 0.25) is 0 Å². The van der Waals surface area contributed by atoms with Crippen LogP contribution in [0.5, 0.6) is 0 Å². The second-order valence-electron chi connectivity index (χ2n) is 7.07. The van der Waals surface area contributed by atoms with Crippen LogP contribution in [0.25, 0.3) is 0 Å². The van der Waals surface area contributed by atoms with Crippen molar-refractivity contribution in [3.63, 3.8) is 0 Å². The summed E-state index contributed by atoms with van der Waals surface area (Å²) in [4.78, 5) is 25.0. The van der Waals surface area contributed by atoms with Gasteiger partial charge in [0.1, 0.15) is 6.54 Å². The molecule has 1 amide bonds. The molecule has 1 unspecified atom stereocenters. The number of likely N-dealkylation sites (N-methyl/N-ethyl adjacent to an activating group) is 1. The summed E-state index contributed by atoms with van der Waals surface area (Å²) in [5.41, 5.74) is 1.85. The van der Waals surface area contributed by atoms with Gasteiger partial charge in [0.05, 0.1) is 30.9 Å². The molecule has 0 aliphatic carbocycles. The fourth-order valence-electron chi connectivity index (χ4n) is 3.60. The molecule has 0 radical (unpaired) electrons. The number of para-hydroxylation sites is 1. The Kier molecular flexibility index (Phi) is 7.64. The lowest BCUT2D eigenvalue weighted by molar-refractivity contribution is -0.891. The number of quaternary nitrogens is 1. The monoisotopic (exact) mass is 360 g/mol. The Labute approximate surface area is 157 Å². The number of carbonyl (C=O) groups is 2. The van der Waals surface area contributed by atoms with E-state index in [-0.39, 0.29) is 5.91 Å². The Morgan fingerprint density at radius 1 is 1.19 bits per heavy atom. The number of hydrogen-bond acceptors (Lipinski definition) is 3. The zero-order valence-electron chi connectivity index (χ0n) is 16.3. The summed E-state index contributed by atoms with van der Waals surface area (Å²) in [6, 6.07) is 5.40. The van der Waals surface area contributed by atoms with Crippen molar-refractivity contribution in [1.29, 1.82) is 0 Å². The molecule has 1 N–H and O–H groups in total. The smallest absolute Gasteiger partial charge is 0.340 e. The molecule has 1 aromatic rings. The molecular weight excluding hydrogens is 328 g/mol. The van der Waals surface area contributed by atoms with Gasteiger partial charge < -0.3 is 14.5 Å². The number of carbonyl (C=O) groups excluding carboxylic acids is 2. The second-order valence-corrected chi connectivity index (χ2v) is 7.07. The van der Waals surface area contributed by atoms with Gasteiger partial charge in [0.15, 0.2) is 0 Å². The maximum absolute atomic E-state index is 12.8. The van der Waals surface area contributed by atoms with E-state index in [0.29, 0.717) is 28.9 Å². The molecule has 1 atom stereocenters. The maximum atomic E-state index is 12.8. The Morgan fingerprint density at radius 3 is 2.69 bits per heavy atom. The van der Waals surface area contributed by atoms with Crippen LogP contribution < -0.4 is 5.32 Å². The summed E-state index contributed by atoms with van der Waals surface area (Å²) in [5.74, 6) is -0.452. The van der Waals surface area contributed by atoms with Crippen molar-refractivity contribution in [2.75, 3.05) is 31.6 Å². The third-order valence-electron chi connectivity index (χ3n) is 5.19. The molecule has 1 aliphatic rings. The van der Waals surface area contributed by atoms with Gasteiger partial charge in [-0.2, -0.15) is 0 Å². The van der Waals surface area contributed by atoms with Crippen molar-refractivity contribution in [1.82, 2.24) is 0 Å². The number of amides is 1. The van der Waals surface area contributed by atoms with E-state index < -0.39 is 5.97 Å². The number of hydrogen-bond donors (Lipinski definition) is 1. The lowest BCUT2D eigenvalue weighted by atomic mass is 10.1. The molecule has 1 heterocycles. The molecule has 1 saturated heterocycles. The first-order valence-corrected chi connectivity index (χ1v) is 9.78. The number of nitrogens with zero attached hydrogens (tertiary/aromatic N) is 1. The number of anilines is 1. The van der Waals surface area contributed by atoms with Crippen LogP contribution >= 0.6 is 0 Å². The zero-order valence-corrected chi connectivity index (χ0v) is 16.3. The van der Waals surface area contributed by atoms with Gasteiger partial charge in [0.25, 0.3) is 5.91 Å². The molecule has 5 heteroatoms. The molecule has 0 aromatic heterocycles. The van der Waals surface area contributed by atoms with Crippen molar-refractivity contribution < 1.29 is 18.8 Å². The number of aryl methyl sites for hydroxylation is 1. The Bertz CT molecular complexity index is 620. The standard InChI is InChI=1S/C21H32N2O3/c1-4-23(14-9-7-6-8-10-15-23)16-19(24)22-20-17(3)12-11-13-18(20)21(25)26-5-2/h11-14H,4-10,15-16H2,1-3H3,(H,22,24). The van der Waals surface area contributed by atoms with Gasteiger partial charge in [-0.3, -0.25) is 4.79 Å². The van der Waals surface area contributed by atoms with Crippen molar-refractivity contribution in [2.24, 2.45) is 0 Å². The minimum absolute atomic E-state index is 0.0523. The highest BCUT2D eigenvalue weighted by atomic mass is 16.5. The average Bonchev–Trinajstić information content (AvgIpc) is 2.59. The SMILES string of the molecule is CCOC(=O)c1cccc(C)c1NC(=O)C[N+]1(CC)[CH-]CCCCCC1. The van der Waals surface area contributed by atoms with Crippen molar-refractivity contribution in [3.05, 3.63) is 35.9 Å². The maximum Gasteiger partial charge on any atom is 0.340 e. The van der Waals surface area contributed by atoms with E-state index in [1.54, 1.807) is 13.0 Å². The molecule has 0 spiro atoms. The predicted molar refractivity (Wildman–Crippen MR) is 104 cm³/mol. The van der Waals surface area contributed by atoms with E-state index in [0.717, 1.165) is 31.5 Å². The summed E-state index contributed by atoms with van der Waals surface area (Å²) >= 11 is 0. The summed E-state index contributed by atoms with van der Waals surface area (Å²) in [7, 11) is 0. The predicted octanol–water partition coefficient (Wildman–Crippen LogP) is 4.07. The minimum Gasteiger partial charge on any atom is -0.462 e. The van der Waals surface area contributed by atoms with Gasteiger partial charge in [-0.1, -0.05) is 25.0 Å². The minimum atomic E-state index is -0.399. The van der Waals surface area contributed by atoms with Crippen LogP contribution in [0.1, 0.15) is 61.9 Å². The third kappa shape index (κ3) is 5.31. The lowest BCUT2D eigenvalue weighted by Crippen LogP contribution is -2.51. The summed E-state index contributed by atoms with van der Waals surface area (Å²) < 4.78 is 5.84. The highest BCUT2D eigenvalue weighted by Gasteiger charge is 2.24. The van der Waals surface area contributed by atoms with E-state index >= 15 is 0 Å². The molecule has 0 saturated carbocycles. The van der Waals surface area contributed by atoms with Crippen LogP contribution in [0.15, 0.2) is 18.2 Å². The van der Waals surface area contributed by atoms with Gasteiger partial charge >= 0.3 is 5.97 Å². The molecule has 5 nitrogen and oxygen atoms in total. The van der Waals surface area contributed by atoms with E-state index in [1.165, 1.54) is 19.3 Å². The molecule has 1 aliphatic heterocycles. The van der Waals surface area contributed by atoms with Gasteiger partial charge in [-0.05, 0) is 45.2 Å². The van der Waals surface area contributed by atoms with Gasteiger partial charge in [-0.25, -0.2) is 4.79 Å². The molecule has 1 aromatic carbocycles. The molecule has 26 heavy (non-hydrogen) atoms. The number of nitrogens with one attached hydrogen (secondary N) is 1. The number of rotatable bonds is 6. The Balaban J connectivity index is 2.14. The number of ether oxygens (including phenoxy) is 1. The normalized spacial score (nSPS) is 20.7. The lowest BCUT2D eigenvalue weighted by Gasteiger charge is -2.47. The number of esters is 1. The topological polar surface area (TPSA) is 55.4 Å². The highest BCUT2D eigenvalue weighted by Crippen LogP contribution is 2.24. The quantitative estimate of drug-likeness (QED) is 0.473. The highest BCUT2D eigenvalue weighted by molar-refractivity contribution is 6.02. The first kappa shape index (κ1) is 20.4. The van der Waals surface area contributed by atoms with Crippen LogP contribution in [-0.4, -0.2) is 42.6 Å². The molecule has 0 bridgehead atoms. The summed E-state index contributed by atoms with van der Waals surface area (Å²) in [6.45, 7) is 10.8. The largest absolute Gasteiger partial charge is 0.462 e. The third-order valence-corrected chi connectivity index (χ3v) is 5.19. The molecular formula is C21H32N2O3. The van der Waals surface area contributed by atoms with Crippen LogP contribution in [0, 0.1) is 13.5 Å². The summed E-state index contributed by atoms with van der Waals surface area (Å²) in [5, 5.41) is 2.99. The van der Waals surface area contributed by atoms with Crippen LogP contribution in [0.3, 0.4) is 0 Å². The van der Waals surface area contributed by atoms with Crippen molar-refractivity contribution in [2.45, 2.75) is 52.9 Å². The number of likely N-dealkylation sites (tertiary alicyclic amines) is 1. The Hall–Kier alpha value is -1.88. The zero-order chi connectivity index (χ0) is 19.0. The fraction of sp³-hybridized carbons (Fsp3) is 0.571. The Morgan fingerprint density at radius 2 is 1.96 bits per heavy atom. The van der Waals surface area contributed by atoms with Crippen molar-refractivity contribution in [3.8, 4) is 0 Å². The van der Waals surface area contributed by atoms with E-state index in [4.69, 9.17) is 4.74 Å². The van der Waals surface area contributed by atoms with Gasteiger partial charge in [0, 0.05) is 0 Å². The van der Waals surface area contributed by atoms with Crippen LogP contribution in [0.2, 0.25) is 0 Å². The second kappa shape index (κ2) is 9.72. The average molecular weight is 360 g/mol. The number of benzene rings is 1. The van der Waals surface area contributed by atoms with Crippen LogP contribution in [-0.2, 0) is 9.53 Å². The molecule has 1 fully saturated rings. The summed E-state index contributed by atoms with van der Waals surface area (Å²) in [6.07, 6.45) is 5.92.